The van der Waals surface area contributed by atoms with E-state index < -0.39 is 4.92 Å². The van der Waals surface area contributed by atoms with Crippen molar-refractivity contribution in [1.82, 2.24) is 4.98 Å². The highest BCUT2D eigenvalue weighted by Gasteiger charge is 2.16. The molecule has 0 bridgehead atoms. The molecule has 1 aromatic heterocycles. The molecule has 0 amide bonds. The van der Waals surface area contributed by atoms with Gasteiger partial charge < -0.3 is 9.52 Å². The van der Waals surface area contributed by atoms with E-state index in [1.54, 1.807) is 19.9 Å². The maximum absolute atomic E-state index is 10.7. The number of nitrogens with zero attached hydrogens (tertiary/aromatic N) is 2. The monoisotopic (exact) mass is 248 g/mol. The average molecular weight is 248 g/mol. The van der Waals surface area contributed by atoms with Crippen LogP contribution in [0.15, 0.2) is 22.6 Å². The zero-order valence-corrected chi connectivity index (χ0v) is 10.0. The molecule has 1 N–H and O–H groups in total. The summed E-state index contributed by atoms with van der Waals surface area (Å²) in [5, 5.41) is 20.0. The van der Waals surface area contributed by atoms with E-state index in [-0.39, 0.29) is 12.3 Å². The van der Waals surface area contributed by atoms with Crippen LogP contribution in [0.5, 0.6) is 0 Å². The quantitative estimate of drug-likeness (QED) is 0.665. The molecule has 6 heteroatoms. The van der Waals surface area contributed by atoms with Crippen molar-refractivity contribution in [2.75, 3.05) is 0 Å². The van der Waals surface area contributed by atoms with Crippen molar-refractivity contribution in [2.24, 2.45) is 0 Å². The lowest BCUT2D eigenvalue weighted by atomic mass is 10.0. The number of hydrogen-bond donors (Lipinski definition) is 1. The lowest BCUT2D eigenvalue weighted by molar-refractivity contribution is -0.384. The molecule has 0 aliphatic heterocycles. The number of aliphatic hydroxyl groups is 1. The summed E-state index contributed by atoms with van der Waals surface area (Å²) >= 11 is 0. The molecule has 6 nitrogen and oxygen atoms in total. The van der Waals surface area contributed by atoms with Crippen molar-refractivity contribution in [2.45, 2.75) is 20.5 Å². The molecule has 0 unspecified atom stereocenters. The second-order valence-corrected chi connectivity index (χ2v) is 3.90. The van der Waals surface area contributed by atoms with Crippen LogP contribution >= 0.6 is 0 Å². The Morgan fingerprint density at radius 1 is 1.44 bits per heavy atom. The number of nitro benzene ring substituents is 1. The van der Waals surface area contributed by atoms with Crippen molar-refractivity contribution < 1.29 is 14.4 Å². The molecule has 1 aromatic carbocycles. The van der Waals surface area contributed by atoms with E-state index in [0.717, 1.165) is 0 Å². The topological polar surface area (TPSA) is 89.4 Å². The summed E-state index contributed by atoms with van der Waals surface area (Å²) in [6.07, 6.45) is 0. The van der Waals surface area contributed by atoms with Gasteiger partial charge in [-0.1, -0.05) is 0 Å². The van der Waals surface area contributed by atoms with Crippen LogP contribution in [-0.4, -0.2) is 15.0 Å². The van der Waals surface area contributed by atoms with Crippen molar-refractivity contribution in [3.63, 3.8) is 0 Å². The van der Waals surface area contributed by atoms with E-state index >= 15 is 0 Å². The Balaban J connectivity index is 2.58. The van der Waals surface area contributed by atoms with Crippen LogP contribution in [-0.2, 0) is 6.61 Å². The fourth-order valence-electron chi connectivity index (χ4n) is 1.83. The van der Waals surface area contributed by atoms with Gasteiger partial charge in [0.25, 0.3) is 5.69 Å². The van der Waals surface area contributed by atoms with Crippen LogP contribution in [0.2, 0.25) is 0 Å². The van der Waals surface area contributed by atoms with Gasteiger partial charge in [0, 0.05) is 24.6 Å². The number of aromatic nitrogens is 1. The van der Waals surface area contributed by atoms with Gasteiger partial charge in [-0.25, -0.2) is 4.98 Å². The van der Waals surface area contributed by atoms with Gasteiger partial charge in [-0.15, -0.1) is 0 Å². The molecule has 2 aromatic rings. The minimum atomic E-state index is -0.499. The number of aryl methyl sites for hydroxylation is 2. The Bertz CT molecular complexity index is 604. The minimum absolute atomic E-state index is 0.0586. The number of rotatable bonds is 3. The third kappa shape index (κ3) is 2.10. The van der Waals surface area contributed by atoms with Gasteiger partial charge in [-0.05, 0) is 18.6 Å². The van der Waals surface area contributed by atoms with E-state index in [0.29, 0.717) is 28.5 Å². The maximum atomic E-state index is 10.7. The normalized spacial score (nSPS) is 10.6. The fourth-order valence-corrected chi connectivity index (χ4v) is 1.83. The molecule has 0 aliphatic rings. The molecule has 0 atom stereocenters. The highest BCUT2D eigenvalue weighted by Crippen LogP contribution is 2.30. The van der Waals surface area contributed by atoms with Gasteiger partial charge in [0.2, 0.25) is 0 Å². The van der Waals surface area contributed by atoms with Crippen LogP contribution in [0.3, 0.4) is 0 Å². The van der Waals surface area contributed by atoms with Crippen molar-refractivity contribution in [1.29, 1.82) is 0 Å². The predicted octanol–water partition coefficient (Wildman–Crippen LogP) is 2.36. The fraction of sp³-hybridized carbons (Fsp3) is 0.250. The predicted molar refractivity (Wildman–Crippen MR) is 64.0 cm³/mol. The van der Waals surface area contributed by atoms with E-state index in [9.17, 15) is 15.2 Å². The summed E-state index contributed by atoms with van der Waals surface area (Å²) in [4.78, 5) is 14.3. The summed E-state index contributed by atoms with van der Waals surface area (Å²) < 4.78 is 5.45. The van der Waals surface area contributed by atoms with Crippen molar-refractivity contribution >= 4 is 5.69 Å². The lowest BCUT2D eigenvalue weighted by Gasteiger charge is -2.04. The first kappa shape index (κ1) is 12.3. The van der Waals surface area contributed by atoms with Crippen molar-refractivity contribution in [3.05, 3.63) is 45.5 Å². The first-order valence-electron chi connectivity index (χ1n) is 5.35. The Hall–Kier alpha value is -2.21. The number of non-ortho nitro benzene ring substituents is 1. The first-order valence-corrected chi connectivity index (χ1v) is 5.35. The van der Waals surface area contributed by atoms with Crippen LogP contribution in [0, 0.1) is 24.0 Å². The Kier molecular flexibility index (Phi) is 3.12. The number of nitro groups is 1. The number of hydrogen-bond acceptors (Lipinski definition) is 5. The van der Waals surface area contributed by atoms with E-state index in [4.69, 9.17) is 4.42 Å². The molecule has 0 saturated carbocycles. The van der Waals surface area contributed by atoms with Crippen LogP contribution in [0.25, 0.3) is 11.3 Å². The van der Waals surface area contributed by atoms with Gasteiger partial charge in [-0.2, -0.15) is 0 Å². The Morgan fingerprint density at radius 3 is 2.67 bits per heavy atom. The molecule has 18 heavy (non-hydrogen) atoms. The zero-order valence-electron chi connectivity index (χ0n) is 10.0. The number of benzene rings is 1. The van der Waals surface area contributed by atoms with E-state index in [2.05, 4.69) is 4.98 Å². The molecule has 0 spiro atoms. The van der Waals surface area contributed by atoms with Gasteiger partial charge >= 0.3 is 0 Å². The van der Waals surface area contributed by atoms with Crippen molar-refractivity contribution in [3.8, 4) is 11.3 Å². The molecule has 0 radical (unpaired) electrons. The highest BCUT2D eigenvalue weighted by molar-refractivity contribution is 5.66. The number of oxazole rings is 1. The SMILES string of the molecule is Cc1nc(C)c(-c2ccc([N+](=O)[O-])cc2CO)o1. The molecule has 1 heterocycles. The standard InChI is InChI=1S/C12H12N2O4/c1-7-12(18-8(2)13-7)11-4-3-10(14(16)17)5-9(11)6-15/h3-5,15H,6H2,1-2H3. The summed E-state index contributed by atoms with van der Waals surface area (Å²) in [5.41, 5.74) is 1.71. The Morgan fingerprint density at radius 2 is 2.17 bits per heavy atom. The first-order chi connectivity index (χ1) is 8.52. The van der Waals surface area contributed by atoms with Crippen LogP contribution in [0.1, 0.15) is 17.1 Å². The minimum Gasteiger partial charge on any atom is -0.441 e. The maximum Gasteiger partial charge on any atom is 0.269 e. The second-order valence-electron chi connectivity index (χ2n) is 3.90. The molecule has 0 aliphatic carbocycles. The highest BCUT2D eigenvalue weighted by atomic mass is 16.6. The lowest BCUT2D eigenvalue weighted by Crippen LogP contribution is -1.94. The molecule has 2 rings (SSSR count). The number of aliphatic hydroxyl groups excluding tert-OH is 1. The van der Waals surface area contributed by atoms with E-state index in [1.807, 2.05) is 0 Å². The molecule has 94 valence electrons. The third-order valence-corrected chi connectivity index (χ3v) is 2.62. The van der Waals surface area contributed by atoms with Gasteiger partial charge in [0.1, 0.15) is 0 Å². The van der Waals surface area contributed by atoms with Crippen LogP contribution in [0.4, 0.5) is 5.69 Å². The summed E-state index contributed by atoms with van der Waals surface area (Å²) in [7, 11) is 0. The van der Waals surface area contributed by atoms with E-state index in [1.165, 1.54) is 12.1 Å². The van der Waals surface area contributed by atoms with Gasteiger partial charge in [0.05, 0.1) is 17.2 Å². The summed E-state index contributed by atoms with van der Waals surface area (Å²) in [6, 6.07) is 4.29. The zero-order chi connectivity index (χ0) is 13.3. The molecular weight excluding hydrogens is 236 g/mol. The van der Waals surface area contributed by atoms with Gasteiger partial charge in [0.15, 0.2) is 11.7 Å². The largest absolute Gasteiger partial charge is 0.441 e. The molecule has 0 fully saturated rings. The Labute approximate surface area is 103 Å². The molecule has 0 saturated heterocycles. The smallest absolute Gasteiger partial charge is 0.269 e. The average Bonchev–Trinajstić information content (AvgIpc) is 2.67. The third-order valence-electron chi connectivity index (χ3n) is 2.62. The van der Waals surface area contributed by atoms with Crippen LogP contribution < -0.4 is 0 Å². The summed E-state index contributed by atoms with van der Waals surface area (Å²) in [6.45, 7) is 3.21. The second kappa shape index (κ2) is 4.58. The van der Waals surface area contributed by atoms with Gasteiger partial charge in [-0.3, -0.25) is 10.1 Å². The summed E-state index contributed by atoms with van der Waals surface area (Å²) in [5.74, 6) is 1.05. The molecular formula is C12H12N2O4.